The average molecular weight is 247 g/mol. The molecular formula is C15H21NO2. The lowest BCUT2D eigenvalue weighted by atomic mass is 9.55. The van der Waals surface area contributed by atoms with Gasteiger partial charge in [-0.2, -0.15) is 5.26 Å². The van der Waals surface area contributed by atoms with Crippen molar-refractivity contribution in [1.82, 2.24) is 0 Å². The number of ether oxygens (including phenoxy) is 2. The number of fused-ring (bicyclic) bond motifs is 1. The molecule has 0 aromatic heterocycles. The first-order valence-electron chi connectivity index (χ1n) is 6.91. The molecule has 2 fully saturated rings. The molecule has 0 aromatic rings. The Morgan fingerprint density at radius 1 is 1.39 bits per heavy atom. The van der Waals surface area contributed by atoms with E-state index in [9.17, 15) is 5.26 Å². The van der Waals surface area contributed by atoms with E-state index in [1.807, 2.05) is 0 Å². The van der Waals surface area contributed by atoms with Crippen molar-refractivity contribution in [1.29, 1.82) is 5.26 Å². The third kappa shape index (κ3) is 1.39. The third-order valence-corrected chi connectivity index (χ3v) is 5.44. The van der Waals surface area contributed by atoms with Crippen molar-refractivity contribution in [3.05, 3.63) is 12.3 Å². The molecule has 98 valence electrons. The zero-order chi connectivity index (χ0) is 13.0. The van der Waals surface area contributed by atoms with Crippen molar-refractivity contribution in [3.8, 4) is 6.07 Å². The zero-order valence-electron chi connectivity index (χ0n) is 11.3. The summed E-state index contributed by atoms with van der Waals surface area (Å²) in [6.45, 7) is 6.69. The lowest BCUT2D eigenvalue weighted by molar-refractivity contribution is -0.173. The molecule has 2 bridgehead atoms. The van der Waals surface area contributed by atoms with E-state index in [0.717, 1.165) is 19.3 Å². The number of nitrogens with zero attached hydrogens (tertiary/aromatic N) is 1. The lowest BCUT2D eigenvalue weighted by Crippen LogP contribution is -2.52. The van der Waals surface area contributed by atoms with Crippen molar-refractivity contribution in [2.45, 2.75) is 51.9 Å². The molecule has 3 aliphatic rings. The second-order valence-corrected chi connectivity index (χ2v) is 6.62. The maximum atomic E-state index is 9.55. The average Bonchev–Trinajstić information content (AvgIpc) is 2.53. The van der Waals surface area contributed by atoms with Gasteiger partial charge in [0.15, 0.2) is 0 Å². The van der Waals surface area contributed by atoms with Gasteiger partial charge in [-0.3, -0.25) is 0 Å². The summed E-state index contributed by atoms with van der Waals surface area (Å²) in [6.07, 6.45) is 6.56. The summed E-state index contributed by atoms with van der Waals surface area (Å²) < 4.78 is 11.6. The molecule has 2 heterocycles. The molecular weight excluding hydrogens is 226 g/mol. The predicted molar refractivity (Wildman–Crippen MR) is 67.2 cm³/mol. The van der Waals surface area contributed by atoms with Gasteiger partial charge in [-0.05, 0) is 30.8 Å². The van der Waals surface area contributed by atoms with Crippen LogP contribution in [0.3, 0.4) is 0 Å². The van der Waals surface area contributed by atoms with Gasteiger partial charge in [0, 0.05) is 11.8 Å². The summed E-state index contributed by atoms with van der Waals surface area (Å²) >= 11 is 0. The van der Waals surface area contributed by atoms with Gasteiger partial charge in [0.2, 0.25) is 6.29 Å². The SMILES string of the molecule is CC(C)[C@@H]1C[C@@H](C#N)[C@]2(C)C[C@H]3OC=C[C@]2(C1)O3. The molecule has 2 aliphatic heterocycles. The van der Waals surface area contributed by atoms with Crippen LogP contribution in [0.5, 0.6) is 0 Å². The topological polar surface area (TPSA) is 42.2 Å². The highest BCUT2D eigenvalue weighted by Gasteiger charge is 2.64. The molecule has 3 nitrogen and oxygen atoms in total. The fraction of sp³-hybridized carbons (Fsp3) is 0.800. The lowest BCUT2D eigenvalue weighted by Gasteiger charge is -2.50. The molecule has 1 spiro atoms. The van der Waals surface area contributed by atoms with E-state index < -0.39 is 0 Å². The Balaban J connectivity index is 2.02. The van der Waals surface area contributed by atoms with Gasteiger partial charge in [-0.25, -0.2) is 0 Å². The summed E-state index contributed by atoms with van der Waals surface area (Å²) in [7, 11) is 0. The second-order valence-electron chi connectivity index (χ2n) is 6.62. The highest BCUT2D eigenvalue weighted by atomic mass is 16.7. The summed E-state index contributed by atoms with van der Waals surface area (Å²) in [5.74, 6) is 1.22. The minimum Gasteiger partial charge on any atom is -0.473 e. The molecule has 0 radical (unpaired) electrons. The minimum atomic E-state index is -0.274. The number of nitriles is 1. The molecule has 1 saturated carbocycles. The number of rotatable bonds is 1. The van der Waals surface area contributed by atoms with E-state index >= 15 is 0 Å². The van der Waals surface area contributed by atoms with E-state index in [0.29, 0.717) is 11.8 Å². The van der Waals surface area contributed by atoms with Crippen molar-refractivity contribution >= 4 is 0 Å². The second kappa shape index (κ2) is 3.74. The molecule has 18 heavy (non-hydrogen) atoms. The van der Waals surface area contributed by atoms with Crippen molar-refractivity contribution in [3.63, 3.8) is 0 Å². The zero-order valence-corrected chi connectivity index (χ0v) is 11.3. The minimum absolute atomic E-state index is 0.0648. The normalized spacial score (nSPS) is 49.6. The number of hydrogen-bond acceptors (Lipinski definition) is 3. The maximum absolute atomic E-state index is 9.55. The molecule has 3 heteroatoms. The number of hydrogen-bond donors (Lipinski definition) is 0. The Kier molecular flexibility index (Phi) is 2.50. The van der Waals surface area contributed by atoms with Crippen molar-refractivity contribution in [2.24, 2.45) is 23.2 Å². The van der Waals surface area contributed by atoms with Gasteiger partial charge in [-0.1, -0.05) is 20.8 Å². The van der Waals surface area contributed by atoms with Crippen LogP contribution in [0.25, 0.3) is 0 Å². The molecule has 1 aliphatic carbocycles. The van der Waals surface area contributed by atoms with Crippen molar-refractivity contribution in [2.75, 3.05) is 0 Å². The van der Waals surface area contributed by atoms with E-state index in [-0.39, 0.29) is 23.2 Å². The van der Waals surface area contributed by atoms with Crippen LogP contribution in [0.2, 0.25) is 0 Å². The van der Waals surface area contributed by atoms with Crippen LogP contribution >= 0.6 is 0 Å². The van der Waals surface area contributed by atoms with Crippen LogP contribution in [-0.4, -0.2) is 11.9 Å². The van der Waals surface area contributed by atoms with Crippen LogP contribution in [0.15, 0.2) is 12.3 Å². The van der Waals surface area contributed by atoms with Crippen LogP contribution in [-0.2, 0) is 9.47 Å². The molecule has 0 unspecified atom stereocenters. The highest BCUT2D eigenvalue weighted by molar-refractivity contribution is 5.23. The Morgan fingerprint density at radius 3 is 2.83 bits per heavy atom. The van der Waals surface area contributed by atoms with E-state index in [2.05, 4.69) is 32.9 Å². The van der Waals surface area contributed by atoms with Gasteiger partial charge in [0.05, 0.1) is 18.2 Å². The summed E-state index contributed by atoms with van der Waals surface area (Å²) in [4.78, 5) is 0. The fourth-order valence-corrected chi connectivity index (χ4v) is 4.00. The Bertz CT molecular complexity index is 425. The van der Waals surface area contributed by atoms with E-state index in [1.54, 1.807) is 6.26 Å². The molecule has 0 N–H and O–H groups in total. The Labute approximate surface area is 109 Å². The molecule has 5 atom stereocenters. The van der Waals surface area contributed by atoms with Gasteiger partial charge in [0.1, 0.15) is 5.60 Å². The van der Waals surface area contributed by atoms with Crippen molar-refractivity contribution < 1.29 is 9.47 Å². The first-order chi connectivity index (χ1) is 8.51. The first-order valence-corrected chi connectivity index (χ1v) is 6.91. The smallest absolute Gasteiger partial charge is 0.200 e. The highest BCUT2D eigenvalue weighted by Crippen LogP contribution is 2.61. The standard InChI is InChI=1S/C15H21NO2/c1-10(2)11-6-12(9-16)14(3)8-13-17-5-4-15(14,7-11)18-13/h4-5,10-13H,6-8H2,1-3H3/t11-,12+,13+,14+,15-/m1/s1. The Morgan fingerprint density at radius 2 is 2.17 bits per heavy atom. The van der Waals surface area contributed by atoms with Gasteiger partial charge >= 0.3 is 0 Å². The Hall–Kier alpha value is -1.01. The van der Waals surface area contributed by atoms with Crippen LogP contribution in [0, 0.1) is 34.5 Å². The van der Waals surface area contributed by atoms with E-state index in [4.69, 9.17) is 9.47 Å². The quantitative estimate of drug-likeness (QED) is 0.714. The molecule has 0 amide bonds. The monoisotopic (exact) mass is 247 g/mol. The molecule has 0 aromatic carbocycles. The van der Waals surface area contributed by atoms with Gasteiger partial charge in [-0.15, -0.1) is 0 Å². The van der Waals surface area contributed by atoms with Gasteiger partial charge < -0.3 is 9.47 Å². The van der Waals surface area contributed by atoms with Gasteiger partial charge in [0.25, 0.3) is 0 Å². The largest absolute Gasteiger partial charge is 0.473 e. The van der Waals surface area contributed by atoms with Crippen LogP contribution in [0.4, 0.5) is 0 Å². The summed E-state index contributed by atoms with van der Waals surface area (Å²) in [5, 5.41) is 9.55. The maximum Gasteiger partial charge on any atom is 0.200 e. The third-order valence-electron chi connectivity index (χ3n) is 5.44. The molecule has 3 rings (SSSR count). The van der Waals surface area contributed by atoms with Crippen LogP contribution < -0.4 is 0 Å². The predicted octanol–water partition coefficient (Wildman–Crippen LogP) is 3.23. The first kappa shape index (κ1) is 12.0. The van der Waals surface area contributed by atoms with E-state index in [1.165, 1.54) is 0 Å². The summed E-state index contributed by atoms with van der Waals surface area (Å²) in [6, 6.07) is 2.54. The summed E-state index contributed by atoms with van der Waals surface area (Å²) in [5.41, 5.74) is -0.367. The molecule has 1 saturated heterocycles. The fourth-order valence-electron chi connectivity index (χ4n) is 4.00. The van der Waals surface area contributed by atoms with Crippen LogP contribution in [0.1, 0.15) is 40.0 Å².